The van der Waals surface area contributed by atoms with E-state index in [0.717, 1.165) is 12.8 Å². The zero-order chi connectivity index (χ0) is 13.1. The minimum absolute atomic E-state index is 0.0852. The van der Waals surface area contributed by atoms with Crippen LogP contribution < -0.4 is 10.6 Å². The highest BCUT2D eigenvalue weighted by Crippen LogP contribution is 2.18. The van der Waals surface area contributed by atoms with Crippen LogP contribution in [0.1, 0.15) is 19.3 Å². The van der Waals surface area contributed by atoms with Crippen molar-refractivity contribution in [1.82, 2.24) is 15.5 Å². The summed E-state index contributed by atoms with van der Waals surface area (Å²) in [6, 6.07) is -0.477. The molecule has 1 unspecified atom stereocenters. The summed E-state index contributed by atoms with van der Waals surface area (Å²) in [6.45, 7) is 1.04. The molecule has 18 heavy (non-hydrogen) atoms. The van der Waals surface area contributed by atoms with Crippen LogP contribution in [0.5, 0.6) is 0 Å². The molecule has 0 aromatic rings. The van der Waals surface area contributed by atoms with Gasteiger partial charge in [-0.15, -0.1) is 0 Å². The summed E-state index contributed by atoms with van der Waals surface area (Å²) < 4.78 is 0. The maximum absolute atomic E-state index is 11.7. The van der Waals surface area contributed by atoms with Crippen LogP contribution >= 0.6 is 0 Å². The topological polar surface area (TPSA) is 98.7 Å². The normalized spacial score (nSPS) is 24.4. The summed E-state index contributed by atoms with van der Waals surface area (Å²) in [5, 5.41) is 14.2. The van der Waals surface area contributed by atoms with Crippen molar-refractivity contribution in [1.29, 1.82) is 0 Å². The molecule has 1 heterocycles. The van der Waals surface area contributed by atoms with Crippen molar-refractivity contribution < 1.29 is 19.5 Å². The maximum Gasteiger partial charge on any atom is 0.305 e. The molecule has 2 fully saturated rings. The number of hydrogen-bond acceptors (Lipinski definition) is 4. The number of rotatable bonds is 5. The van der Waals surface area contributed by atoms with Crippen molar-refractivity contribution in [3.05, 3.63) is 0 Å². The predicted molar refractivity (Wildman–Crippen MR) is 61.8 cm³/mol. The number of aliphatic carboxylic acids is 1. The van der Waals surface area contributed by atoms with Crippen molar-refractivity contribution in [3.63, 3.8) is 0 Å². The highest BCUT2D eigenvalue weighted by Gasteiger charge is 2.33. The van der Waals surface area contributed by atoms with Gasteiger partial charge < -0.3 is 15.7 Å². The molecule has 2 aliphatic rings. The van der Waals surface area contributed by atoms with Crippen LogP contribution in [-0.2, 0) is 14.4 Å². The van der Waals surface area contributed by atoms with Gasteiger partial charge in [0.2, 0.25) is 11.8 Å². The smallest absolute Gasteiger partial charge is 0.305 e. The molecular formula is C11H17N3O4. The van der Waals surface area contributed by atoms with Gasteiger partial charge in [0.25, 0.3) is 0 Å². The van der Waals surface area contributed by atoms with E-state index in [4.69, 9.17) is 5.11 Å². The second kappa shape index (κ2) is 5.34. The molecule has 2 amide bonds. The average molecular weight is 255 g/mol. The van der Waals surface area contributed by atoms with Crippen LogP contribution in [0, 0.1) is 0 Å². The van der Waals surface area contributed by atoms with Gasteiger partial charge in [0.1, 0.15) is 6.04 Å². The molecule has 7 heteroatoms. The average Bonchev–Trinajstić information content (AvgIpc) is 3.06. The first-order valence-electron chi connectivity index (χ1n) is 6.09. The zero-order valence-corrected chi connectivity index (χ0v) is 10.0. The van der Waals surface area contributed by atoms with Crippen molar-refractivity contribution in [2.24, 2.45) is 0 Å². The Morgan fingerprint density at radius 1 is 1.44 bits per heavy atom. The molecule has 0 radical (unpaired) electrons. The molecule has 3 N–H and O–H groups in total. The van der Waals surface area contributed by atoms with Gasteiger partial charge in [0.15, 0.2) is 0 Å². The summed E-state index contributed by atoms with van der Waals surface area (Å²) >= 11 is 0. The summed E-state index contributed by atoms with van der Waals surface area (Å²) in [6.07, 6.45) is 1.73. The van der Waals surface area contributed by atoms with Crippen molar-refractivity contribution in [2.45, 2.75) is 31.3 Å². The molecule has 0 aromatic heterocycles. The Hall–Kier alpha value is -1.63. The first-order valence-corrected chi connectivity index (χ1v) is 6.09. The van der Waals surface area contributed by atoms with E-state index >= 15 is 0 Å². The van der Waals surface area contributed by atoms with Crippen molar-refractivity contribution >= 4 is 17.8 Å². The summed E-state index contributed by atoms with van der Waals surface area (Å²) in [7, 11) is 0. The third kappa shape index (κ3) is 3.43. The minimum atomic E-state index is -1.04. The van der Waals surface area contributed by atoms with E-state index in [0.29, 0.717) is 13.1 Å². The Morgan fingerprint density at radius 3 is 2.78 bits per heavy atom. The SMILES string of the molecule is O=C(O)CC1C(=O)NCCN1CC(=O)NC1CC1. The number of piperazine rings is 1. The van der Waals surface area contributed by atoms with E-state index in [2.05, 4.69) is 10.6 Å². The molecule has 1 aliphatic carbocycles. The van der Waals surface area contributed by atoms with E-state index in [1.165, 1.54) is 0 Å². The molecule has 0 aromatic carbocycles. The quantitative estimate of drug-likeness (QED) is 0.557. The van der Waals surface area contributed by atoms with Gasteiger partial charge in [0, 0.05) is 19.1 Å². The summed E-state index contributed by atoms with van der Waals surface area (Å²) in [4.78, 5) is 35.6. The Balaban J connectivity index is 1.91. The molecule has 1 aliphatic heterocycles. The number of hydrogen-bond donors (Lipinski definition) is 3. The summed E-state index contributed by atoms with van der Waals surface area (Å²) in [5.74, 6) is -1.49. The number of amides is 2. The van der Waals surface area contributed by atoms with Crippen LogP contribution in [0.3, 0.4) is 0 Å². The molecule has 2 rings (SSSR count). The fourth-order valence-electron chi connectivity index (χ4n) is 2.02. The third-order valence-electron chi connectivity index (χ3n) is 3.10. The van der Waals surface area contributed by atoms with Crippen LogP contribution in [0.15, 0.2) is 0 Å². The Labute approximate surface area is 105 Å². The number of nitrogens with one attached hydrogen (secondary N) is 2. The molecule has 0 spiro atoms. The fraction of sp³-hybridized carbons (Fsp3) is 0.727. The van der Waals surface area contributed by atoms with Crippen molar-refractivity contribution in [2.75, 3.05) is 19.6 Å². The lowest BCUT2D eigenvalue weighted by molar-refractivity contribution is -0.144. The van der Waals surface area contributed by atoms with Crippen LogP contribution in [0.25, 0.3) is 0 Å². The Morgan fingerprint density at radius 2 is 2.17 bits per heavy atom. The van der Waals surface area contributed by atoms with Crippen LogP contribution in [0.4, 0.5) is 0 Å². The first-order chi connectivity index (χ1) is 8.56. The van der Waals surface area contributed by atoms with Gasteiger partial charge in [-0.3, -0.25) is 19.3 Å². The zero-order valence-electron chi connectivity index (χ0n) is 10.0. The van der Waals surface area contributed by atoms with Crippen LogP contribution in [0.2, 0.25) is 0 Å². The predicted octanol–water partition coefficient (Wildman–Crippen LogP) is -1.46. The second-order valence-electron chi connectivity index (χ2n) is 4.72. The lowest BCUT2D eigenvalue weighted by Gasteiger charge is -2.33. The lowest BCUT2D eigenvalue weighted by Crippen LogP contribution is -2.58. The van der Waals surface area contributed by atoms with Gasteiger partial charge in [-0.05, 0) is 12.8 Å². The number of carboxylic acids is 1. The highest BCUT2D eigenvalue weighted by molar-refractivity contribution is 5.88. The monoisotopic (exact) mass is 255 g/mol. The number of carbonyl (C=O) groups is 3. The van der Waals surface area contributed by atoms with Gasteiger partial charge in [0.05, 0.1) is 13.0 Å². The van der Waals surface area contributed by atoms with Gasteiger partial charge in [-0.2, -0.15) is 0 Å². The molecule has 1 saturated carbocycles. The maximum atomic E-state index is 11.7. The van der Waals surface area contributed by atoms with E-state index < -0.39 is 12.0 Å². The highest BCUT2D eigenvalue weighted by atomic mass is 16.4. The molecule has 7 nitrogen and oxygen atoms in total. The minimum Gasteiger partial charge on any atom is -0.481 e. The summed E-state index contributed by atoms with van der Waals surface area (Å²) in [5.41, 5.74) is 0. The number of nitrogens with zero attached hydrogens (tertiary/aromatic N) is 1. The molecule has 1 atom stereocenters. The molecule has 0 bridgehead atoms. The van der Waals surface area contributed by atoms with E-state index in [1.54, 1.807) is 4.90 Å². The van der Waals surface area contributed by atoms with Gasteiger partial charge in [-0.25, -0.2) is 0 Å². The van der Waals surface area contributed by atoms with Gasteiger partial charge >= 0.3 is 5.97 Å². The fourth-order valence-corrected chi connectivity index (χ4v) is 2.02. The van der Waals surface area contributed by atoms with E-state index in [1.807, 2.05) is 0 Å². The number of carbonyl (C=O) groups excluding carboxylic acids is 2. The number of carboxylic acid groups (broad SMARTS) is 1. The second-order valence-corrected chi connectivity index (χ2v) is 4.72. The molecular weight excluding hydrogens is 238 g/mol. The Kier molecular flexibility index (Phi) is 3.81. The van der Waals surface area contributed by atoms with E-state index in [9.17, 15) is 14.4 Å². The van der Waals surface area contributed by atoms with Crippen molar-refractivity contribution in [3.8, 4) is 0 Å². The molecule has 100 valence electrons. The lowest BCUT2D eigenvalue weighted by atomic mass is 10.1. The van der Waals surface area contributed by atoms with Crippen LogP contribution in [-0.4, -0.2) is 59.5 Å². The first kappa shape index (κ1) is 12.8. The molecule has 1 saturated heterocycles. The third-order valence-corrected chi connectivity index (χ3v) is 3.10. The Bertz CT molecular complexity index is 367. The largest absolute Gasteiger partial charge is 0.481 e. The standard InChI is InChI=1S/C11H17N3O4/c15-9(13-7-1-2-7)6-14-4-3-12-11(18)8(14)5-10(16)17/h7-8H,1-6H2,(H,12,18)(H,13,15)(H,16,17). The van der Waals surface area contributed by atoms with E-state index in [-0.39, 0.29) is 30.8 Å². The van der Waals surface area contributed by atoms with Gasteiger partial charge in [-0.1, -0.05) is 0 Å².